The van der Waals surface area contributed by atoms with Crippen LogP contribution in [0.4, 0.5) is 8.78 Å². The topological polar surface area (TPSA) is 17.1 Å². The summed E-state index contributed by atoms with van der Waals surface area (Å²) in [4.78, 5) is 12.1. The van der Waals surface area contributed by atoms with Gasteiger partial charge in [-0.15, -0.1) is 0 Å². The lowest BCUT2D eigenvalue weighted by Gasteiger charge is -2.04. The average Bonchev–Trinajstić information content (AvgIpc) is 2.35. The quantitative estimate of drug-likeness (QED) is 0.757. The molecule has 0 amide bonds. The third-order valence-electron chi connectivity index (χ3n) is 2.62. The van der Waals surface area contributed by atoms with E-state index >= 15 is 0 Å². The molecule has 18 heavy (non-hydrogen) atoms. The molecule has 0 atom stereocenters. The van der Waals surface area contributed by atoms with Gasteiger partial charge in [-0.3, -0.25) is 4.79 Å². The third kappa shape index (κ3) is 2.48. The molecular formula is C14H9BrF2O. The van der Waals surface area contributed by atoms with E-state index in [1.165, 1.54) is 6.07 Å². The van der Waals surface area contributed by atoms with Crippen molar-refractivity contribution in [2.24, 2.45) is 0 Å². The zero-order valence-corrected chi connectivity index (χ0v) is 11.1. The normalized spacial score (nSPS) is 10.4. The molecule has 0 aromatic heterocycles. The van der Waals surface area contributed by atoms with Crippen molar-refractivity contribution in [3.63, 3.8) is 0 Å². The van der Waals surface area contributed by atoms with Gasteiger partial charge in [0.05, 0.1) is 0 Å². The molecule has 0 heterocycles. The minimum Gasteiger partial charge on any atom is -0.289 e. The zero-order chi connectivity index (χ0) is 13.3. The Kier molecular flexibility index (Phi) is 3.57. The predicted octanol–water partition coefficient (Wildman–Crippen LogP) is 4.27. The van der Waals surface area contributed by atoms with Gasteiger partial charge < -0.3 is 0 Å². The van der Waals surface area contributed by atoms with Gasteiger partial charge in [-0.1, -0.05) is 28.1 Å². The maximum absolute atomic E-state index is 13.1. The highest BCUT2D eigenvalue weighted by atomic mass is 79.9. The van der Waals surface area contributed by atoms with Crippen molar-refractivity contribution in [2.75, 3.05) is 0 Å². The molecule has 92 valence electrons. The van der Waals surface area contributed by atoms with Crippen molar-refractivity contribution in [3.05, 3.63) is 69.2 Å². The van der Waals surface area contributed by atoms with Crippen LogP contribution in [0.15, 0.2) is 40.9 Å². The van der Waals surface area contributed by atoms with Crippen LogP contribution in [0.3, 0.4) is 0 Å². The van der Waals surface area contributed by atoms with E-state index in [0.717, 1.165) is 22.2 Å². The van der Waals surface area contributed by atoms with Gasteiger partial charge in [0.25, 0.3) is 0 Å². The van der Waals surface area contributed by atoms with E-state index in [1.807, 2.05) is 6.92 Å². The number of halogens is 3. The number of ketones is 1. The van der Waals surface area contributed by atoms with E-state index in [-0.39, 0.29) is 11.3 Å². The Hall–Kier alpha value is -1.55. The van der Waals surface area contributed by atoms with Crippen molar-refractivity contribution in [1.29, 1.82) is 0 Å². The lowest BCUT2D eigenvalue weighted by molar-refractivity contribution is 0.103. The Morgan fingerprint density at radius 1 is 1.00 bits per heavy atom. The molecule has 0 saturated heterocycles. The first-order valence-electron chi connectivity index (χ1n) is 5.25. The van der Waals surface area contributed by atoms with Crippen LogP contribution < -0.4 is 0 Å². The molecule has 0 aliphatic carbocycles. The molecule has 2 rings (SSSR count). The molecular weight excluding hydrogens is 302 g/mol. The Balaban J connectivity index is 2.41. The SMILES string of the molecule is Cc1ccc(C(=O)c2ccc(F)c(F)c2)cc1Br. The fourth-order valence-corrected chi connectivity index (χ4v) is 1.92. The molecule has 0 spiro atoms. The van der Waals surface area contributed by atoms with Gasteiger partial charge in [-0.05, 0) is 36.8 Å². The maximum atomic E-state index is 13.1. The number of aryl methyl sites for hydroxylation is 1. The molecule has 1 nitrogen and oxygen atoms in total. The number of benzene rings is 2. The molecule has 2 aromatic rings. The first-order valence-corrected chi connectivity index (χ1v) is 6.04. The summed E-state index contributed by atoms with van der Waals surface area (Å²) in [6, 6.07) is 8.24. The van der Waals surface area contributed by atoms with E-state index < -0.39 is 11.6 Å². The predicted molar refractivity (Wildman–Crippen MR) is 68.7 cm³/mol. The summed E-state index contributed by atoms with van der Waals surface area (Å²) in [5, 5.41) is 0. The summed E-state index contributed by atoms with van der Waals surface area (Å²) >= 11 is 3.33. The molecule has 0 aliphatic heterocycles. The summed E-state index contributed by atoms with van der Waals surface area (Å²) in [6.45, 7) is 1.90. The summed E-state index contributed by atoms with van der Waals surface area (Å²) in [7, 11) is 0. The Morgan fingerprint density at radius 3 is 2.22 bits per heavy atom. The van der Waals surface area contributed by atoms with Gasteiger partial charge in [-0.2, -0.15) is 0 Å². The summed E-state index contributed by atoms with van der Waals surface area (Å²) in [5.41, 5.74) is 1.56. The fraction of sp³-hybridized carbons (Fsp3) is 0.0714. The molecule has 0 unspecified atom stereocenters. The van der Waals surface area contributed by atoms with Crippen molar-refractivity contribution >= 4 is 21.7 Å². The highest BCUT2D eigenvalue weighted by molar-refractivity contribution is 9.10. The third-order valence-corrected chi connectivity index (χ3v) is 3.47. The minimum atomic E-state index is -1.02. The lowest BCUT2D eigenvalue weighted by atomic mass is 10.0. The monoisotopic (exact) mass is 310 g/mol. The highest BCUT2D eigenvalue weighted by Crippen LogP contribution is 2.20. The largest absolute Gasteiger partial charge is 0.289 e. The average molecular weight is 311 g/mol. The number of hydrogen-bond acceptors (Lipinski definition) is 1. The van der Waals surface area contributed by atoms with Crippen LogP contribution >= 0.6 is 15.9 Å². The van der Waals surface area contributed by atoms with Gasteiger partial charge in [0.1, 0.15) is 0 Å². The Bertz CT molecular complexity index is 570. The van der Waals surface area contributed by atoms with Crippen LogP contribution in [0, 0.1) is 18.6 Å². The second-order valence-corrected chi connectivity index (χ2v) is 4.78. The summed E-state index contributed by atoms with van der Waals surface area (Å²) < 4.78 is 26.7. The van der Waals surface area contributed by atoms with Crippen LogP contribution in [0.25, 0.3) is 0 Å². The van der Waals surface area contributed by atoms with Crippen LogP contribution in [-0.4, -0.2) is 5.78 Å². The van der Waals surface area contributed by atoms with E-state index in [2.05, 4.69) is 15.9 Å². The van der Waals surface area contributed by atoms with Gasteiger partial charge in [0, 0.05) is 15.6 Å². The second kappa shape index (κ2) is 4.98. The number of hydrogen-bond donors (Lipinski definition) is 0. The Morgan fingerprint density at radius 2 is 1.61 bits per heavy atom. The highest BCUT2D eigenvalue weighted by Gasteiger charge is 2.12. The van der Waals surface area contributed by atoms with Crippen LogP contribution in [0.2, 0.25) is 0 Å². The molecule has 0 N–H and O–H groups in total. The van der Waals surface area contributed by atoms with Gasteiger partial charge in [0.2, 0.25) is 0 Å². The van der Waals surface area contributed by atoms with Crippen LogP contribution in [-0.2, 0) is 0 Å². The van der Waals surface area contributed by atoms with E-state index in [0.29, 0.717) is 5.56 Å². The zero-order valence-electron chi connectivity index (χ0n) is 9.51. The van der Waals surface area contributed by atoms with Crippen molar-refractivity contribution in [2.45, 2.75) is 6.92 Å². The van der Waals surface area contributed by atoms with Crippen molar-refractivity contribution in [3.8, 4) is 0 Å². The summed E-state index contributed by atoms with van der Waals surface area (Å²) in [5.74, 6) is -2.32. The first-order chi connectivity index (χ1) is 8.49. The smallest absolute Gasteiger partial charge is 0.193 e. The second-order valence-electron chi connectivity index (χ2n) is 3.92. The molecule has 0 radical (unpaired) electrons. The standard InChI is InChI=1S/C14H9BrF2O/c1-8-2-3-9(6-11(8)15)14(18)10-4-5-12(16)13(17)7-10/h2-7H,1H3. The molecule has 0 saturated carbocycles. The van der Waals surface area contributed by atoms with Crippen molar-refractivity contribution in [1.82, 2.24) is 0 Å². The molecule has 0 fully saturated rings. The van der Waals surface area contributed by atoms with Crippen LogP contribution in [0.5, 0.6) is 0 Å². The molecule has 0 aliphatic rings. The van der Waals surface area contributed by atoms with Crippen molar-refractivity contribution < 1.29 is 13.6 Å². The fourth-order valence-electron chi connectivity index (χ4n) is 1.54. The number of rotatable bonds is 2. The van der Waals surface area contributed by atoms with E-state index in [9.17, 15) is 13.6 Å². The summed E-state index contributed by atoms with van der Waals surface area (Å²) in [6.07, 6.45) is 0. The minimum absolute atomic E-state index is 0.129. The number of carbonyl (C=O) groups excluding carboxylic acids is 1. The maximum Gasteiger partial charge on any atom is 0.193 e. The molecule has 2 aromatic carbocycles. The Labute approximate surface area is 112 Å². The molecule has 4 heteroatoms. The van der Waals surface area contributed by atoms with Gasteiger partial charge >= 0.3 is 0 Å². The lowest BCUT2D eigenvalue weighted by Crippen LogP contribution is -2.02. The molecule has 0 bridgehead atoms. The van der Waals surface area contributed by atoms with Crippen LogP contribution in [0.1, 0.15) is 21.5 Å². The van der Waals surface area contributed by atoms with E-state index in [4.69, 9.17) is 0 Å². The van der Waals surface area contributed by atoms with Gasteiger partial charge in [-0.25, -0.2) is 8.78 Å². The van der Waals surface area contributed by atoms with Gasteiger partial charge in [0.15, 0.2) is 17.4 Å². The first kappa shape index (κ1) is 12.9. The van der Waals surface area contributed by atoms with E-state index in [1.54, 1.807) is 18.2 Å². The number of carbonyl (C=O) groups is 1.